The average Bonchev–Trinajstić information content (AvgIpc) is 3.41. The number of aryl methyl sites for hydroxylation is 1. The van der Waals surface area contributed by atoms with E-state index in [1.807, 2.05) is 10.7 Å². The lowest BCUT2D eigenvalue weighted by molar-refractivity contribution is 0.0885. The Balaban J connectivity index is 1.48. The lowest BCUT2D eigenvalue weighted by Gasteiger charge is -2.40. The Morgan fingerprint density at radius 3 is 2.70 bits per heavy atom. The lowest BCUT2D eigenvalue weighted by atomic mass is 10.0. The molecule has 2 saturated heterocycles. The Hall–Kier alpha value is -1.70. The first-order valence-corrected chi connectivity index (χ1v) is 11.5. The standard InChI is InChI=1S/C22H33ClN6O/c1-16(2)13-21(22-24-25-26-29(22)15-19-5-4-12-30-19)28-10-8-27(9-11-28)20-14-18(23)7-6-17(20)3/h6-7,14,16,19,21H,4-5,8-13,15H2,1-3H3/t19-,21+/m1/s1. The minimum atomic E-state index is 0.226. The molecule has 2 fully saturated rings. The first-order valence-electron chi connectivity index (χ1n) is 11.1. The molecule has 2 aliphatic heterocycles. The average molecular weight is 433 g/mol. The molecule has 7 nitrogen and oxygen atoms in total. The highest BCUT2D eigenvalue weighted by molar-refractivity contribution is 6.30. The summed E-state index contributed by atoms with van der Waals surface area (Å²) in [6, 6.07) is 6.37. The zero-order chi connectivity index (χ0) is 21.1. The SMILES string of the molecule is Cc1ccc(Cl)cc1N1CCN([C@@H](CC(C)C)c2nnnn2C[C@H]2CCCO2)CC1. The number of hydrogen-bond acceptors (Lipinski definition) is 6. The van der Waals surface area contributed by atoms with Gasteiger partial charge >= 0.3 is 0 Å². The highest BCUT2D eigenvalue weighted by Crippen LogP contribution is 2.30. The number of tetrazole rings is 1. The molecule has 0 saturated carbocycles. The Labute approximate surface area is 184 Å². The Morgan fingerprint density at radius 1 is 1.20 bits per heavy atom. The molecule has 2 atom stereocenters. The maximum atomic E-state index is 6.25. The van der Waals surface area contributed by atoms with Gasteiger partial charge in [0.2, 0.25) is 0 Å². The topological polar surface area (TPSA) is 59.3 Å². The van der Waals surface area contributed by atoms with Crippen molar-refractivity contribution in [3.63, 3.8) is 0 Å². The fourth-order valence-corrected chi connectivity index (χ4v) is 4.79. The van der Waals surface area contributed by atoms with E-state index < -0.39 is 0 Å². The highest BCUT2D eigenvalue weighted by atomic mass is 35.5. The summed E-state index contributed by atoms with van der Waals surface area (Å²) in [5.41, 5.74) is 2.51. The molecule has 8 heteroatoms. The third-order valence-corrected chi connectivity index (χ3v) is 6.45. The summed E-state index contributed by atoms with van der Waals surface area (Å²) < 4.78 is 7.81. The Bertz CT molecular complexity index is 827. The maximum absolute atomic E-state index is 6.25. The van der Waals surface area contributed by atoms with Crippen LogP contribution in [0.3, 0.4) is 0 Å². The van der Waals surface area contributed by atoms with Gasteiger partial charge < -0.3 is 9.64 Å². The zero-order valence-corrected chi connectivity index (χ0v) is 19.1. The monoisotopic (exact) mass is 432 g/mol. The van der Waals surface area contributed by atoms with Gasteiger partial charge in [-0.25, -0.2) is 4.68 Å². The number of hydrogen-bond donors (Lipinski definition) is 0. The zero-order valence-electron chi connectivity index (χ0n) is 18.3. The number of rotatable bonds is 7. The fraction of sp³-hybridized carbons (Fsp3) is 0.682. The van der Waals surface area contributed by atoms with Gasteiger partial charge in [0.1, 0.15) is 0 Å². The molecule has 0 radical (unpaired) electrons. The minimum Gasteiger partial charge on any atom is -0.376 e. The molecule has 0 spiro atoms. The van der Waals surface area contributed by atoms with Crippen molar-refractivity contribution < 1.29 is 4.74 Å². The van der Waals surface area contributed by atoms with Crippen LogP contribution < -0.4 is 4.90 Å². The van der Waals surface area contributed by atoms with Gasteiger partial charge in [-0.05, 0) is 60.2 Å². The largest absolute Gasteiger partial charge is 0.376 e. The molecule has 3 heterocycles. The molecule has 164 valence electrons. The van der Waals surface area contributed by atoms with Crippen LogP contribution in [0.15, 0.2) is 18.2 Å². The van der Waals surface area contributed by atoms with Crippen molar-refractivity contribution in [3.05, 3.63) is 34.6 Å². The molecule has 1 aromatic carbocycles. The van der Waals surface area contributed by atoms with E-state index in [9.17, 15) is 0 Å². The summed E-state index contributed by atoms with van der Waals surface area (Å²) in [6.07, 6.45) is 3.49. The highest BCUT2D eigenvalue weighted by Gasteiger charge is 2.31. The van der Waals surface area contributed by atoms with Gasteiger partial charge in [-0.2, -0.15) is 0 Å². The van der Waals surface area contributed by atoms with Crippen molar-refractivity contribution in [1.29, 1.82) is 0 Å². The lowest BCUT2D eigenvalue weighted by Crippen LogP contribution is -2.48. The van der Waals surface area contributed by atoms with E-state index in [-0.39, 0.29) is 12.1 Å². The van der Waals surface area contributed by atoms with E-state index in [0.29, 0.717) is 5.92 Å². The van der Waals surface area contributed by atoms with E-state index >= 15 is 0 Å². The second-order valence-electron chi connectivity index (χ2n) is 8.95. The maximum Gasteiger partial charge on any atom is 0.168 e. The third-order valence-electron chi connectivity index (χ3n) is 6.22. The number of halogens is 1. The number of ether oxygens (including phenoxy) is 1. The molecule has 1 aromatic heterocycles. The summed E-state index contributed by atoms with van der Waals surface area (Å²) in [6.45, 7) is 12.2. The smallest absolute Gasteiger partial charge is 0.168 e. The van der Waals surface area contributed by atoms with E-state index in [4.69, 9.17) is 16.3 Å². The summed E-state index contributed by atoms with van der Waals surface area (Å²) in [5.74, 6) is 1.54. The van der Waals surface area contributed by atoms with Gasteiger partial charge in [-0.15, -0.1) is 5.10 Å². The molecule has 0 bridgehead atoms. The van der Waals surface area contributed by atoms with Crippen molar-refractivity contribution in [1.82, 2.24) is 25.1 Å². The molecule has 0 N–H and O–H groups in total. The van der Waals surface area contributed by atoms with Crippen molar-refractivity contribution in [2.45, 2.75) is 58.7 Å². The van der Waals surface area contributed by atoms with Gasteiger partial charge in [-0.3, -0.25) is 4.90 Å². The predicted octanol–water partition coefficient (Wildman–Crippen LogP) is 3.72. The van der Waals surface area contributed by atoms with Crippen LogP contribution in [0, 0.1) is 12.8 Å². The predicted molar refractivity (Wildman–Crippen MR) is 119 cm³/mol. The minimum absolute atomic E-state index is 0.226. The van der Waals surface area contributed by atoms with Crippen LogP contribution in [0.25, 0.3) is 0 Å². The molecular weight excluding hydrogens is 400 g/mol. The van der Waals surface area contributed by atoms with Crippen LogP contribution in [-0.4, -0.2) is 64.0 Å². The van der Waals surface area contributed by atoms with Gasteiger partial charge in [0, 0.05) is 43.5 Å². The molecule has 4 rings (SSSR count). The molecule has 0 amide bonds. The van der Waals surface area contributed by atoms with E-state index in [1.165, 1.54) is 11.3 Å². The fourth-order valence-electron chi connectivity index (χ4n) is 4.62. The van der Waals surface area contributed by atoms with Crippen molar-refractivity contribution in [3.8, 4) is 0 Å². The van der Waals surface area contributed by atoms with Crippen molar-refractivity contribution >= 4 is 17.3 Å². The van der Waals surface area contributed by atoms with Crippen LogP contribution >= 0.6 is 11.6 Å². The molecule has 0 aliphatic carbocycles. The Morgan fingerprint density at radius 2 is 2.00 bits per heavy atom. The first kappa shape index (κ1) is 21.5. The number of piperazine rings is 1. The van der Waals surface area contributed by atoms with Gasteiger partial charge in [0.15, 0.2) is 5.82 Å². The number of aromatic nitrogens is 4. The summed E-state index contributed by atoms with van der Waals surface area (Å²) in [5, 5.41) is 13.6. The number of anilines is 1. The molecule has 2 aliphatic rings. The van der Waals surface area contributed by atoms with Gasteiger partial charge in [0.25, 0.3) is 0 Å². The van der Waals surface area contributed by atoms with E-state index in [0.717, 1.165) is 69.4 Å². The van der Waals surface area contributed by atoms with Gasteiger partial charge in [-0.1, -0.05) is 31.5 Å². The quantitative estimate of drug-likeness (QED) is 0.664. The summed E-state index contributed by atoms with van der Waals surface area (Å²) >= 11 is 6.25. The Kier molecular flexibility index (Phi) is 6.91. The molecular formula is C22H33ClN6O. The summed E-state index contributed by atoms with van der Waals surface area (Å²) in [7, 11) is 0. The van der Waals surface area contributed by atoms with E-state index in [1.54, 1.807) is 0 Å². The number of nitrogens with zero attached hydrogens (tertiary/aromatic N) is 6. The van der Waals surface area contributed by atoms with Crippen LogP contribution in [0.2, 0.25) is 5.02 Å². The molecule has 2 aromatic rings. The van der Waals surface area contributed by atoms with Crippen LogP contribution in [0.5, 0.6) is 0 Å². The first-order chi connectivity index (χ1) is 14.5. The van der Waals surface area contributed by atoms with Crippen molar-refractivity contribution in [2.75, 3.05) is 37.7 Å². The van der Waals surface area contributed by atoms with Crippen LogP contribution in [0.4, 0.5) is 5.69 Å². The van der Waals surface area contributed by atoms with Crippen LogP contribution in [0.1, 0.15) is 50.5 Å². The number of benzene rings is 1. The van der Waals surface area contributed by atoms with Crippen molar-refractivity contribution in [2.24, 2.45) is 5.92 Å². The second kappa shape index (κ2) is 9.62. The summed E-state index contributed by atoms with van der Waals surface area (Å²) in [4.78, 5) is 4.99. The van der Waals surface area contributed by atoms with Crippen LogP contribution in [-0.2, 0) is 11.3 Å². The third kappa shape index (κ3) is 4.95. The van der Waals surface area contributed by atoms with Gasteiger partial charge in [0.05, 0.1) is 18.7 Å². The second-order valence-corrected chi connectivity index (χ2v) is 9.39. The van der Waals surface area contributed by atoms with E-state index in [2.05, 4.69) is 58.2 Å². The normalized spacial score (nSPS) is 21.5. The molecule has 0 unspecified atom stereocenters. The molecule has 30 heavy (non-hydrogen) atoms.